The van der Waals surface area contributed by atoms with Gasteiger partial charge in [0.25, 0.3) is 5.91 Å². The van der Waals surface area contributed by atoms with E-state index < -0.39 is 5.82 Å². The van der Waals surface area contributed by atoms with Crippen LogP contribution < -0.4 is 5.32 Å². The predicted molar refractivity (Wildman–Crippen MR) is 122 cm³/mol. The van der Waals surface area contributed by atoms with Crippen LogP contribution in [0.15, 0.2) is 30.5 Å². The molecule has 2 heterocycles. The number of pyridine rings is 1. The van der Waals surface area contributed by atoms with Crippen molar-refractivity contribution in [2.24, 2.45) is 11.8 Å². The third kappa shape index (κ3) is 5.38. The van der Waals surface area contributed by atoms with E-state index in [0.717, 1.165) is 16.8 Å². The van der Waals surface area contributed by atoms with Gasteiger partial charge in [-0.1, -0.05) is 0 Å². The minimum absolute atomic E-state index is 0.0299. The van der Waals surface area contributed by atoms with Crippen molar-refractivity contribution >= 4 is 17.5 Å². The van der Waals surface area contributed by atoms with E-state index >= 15 is 0 Å². The van der Waals surface area contributed by atoms with Crippen molar-refractivity contribution in [2.75, 3.05) is 38.2 Å². The summed E-state index contributed by atoms with van der Waals surface area (Å²) in [5, 5.41) is 2.80. The highest BCUT2D eigenvalue weighted by Gasteiger charge is 2.37. The molecule has 1 N–H and O–H groups in total. The molecule has 0 unspecified atom stereocenters. The lowest BCUT2D eigenvalue weighted by molar-refractivity contribution is -0.142. The van der Waals surface area contributed by atoms with E-state index in [1.807, 2.05) is 18.7 Å². The lowest BCUT2D eigenvalue weighted by Crippen LogP contribution is -2.51. The Labute approximate surface area is 193 Å². The third-order valence-electron chi connectivity index (χ3n) is 6.78. The summed E-state index contributed by atoms with van der Waals surface area (Å²) in [4.78, 5) is 33.3. The molecule has 0 bridgehead atoms. The smallest absolute Gasteiger partial charge is 0.257 e. The summed E-state index contributed by atoms with van der Waals surface area (Å²) < 4.78 is 27.0. The van der Waals surface area contributed by atoms with Crippen LogP contribution in [-0.2, 0) is 11.3 Å². The zero-order chi connectivity index (χ0) is 23.5. The van der Waals surface area contributed by atoms with Gasteiger partial charge in [-0.3, -0.25) is 23.9 Å². The summed E-state index contributed by atoms with van der Waals surface area (Å²) in [6, 6.07) is 6.28. The van der Waals surface area contributed by atoms with Crippen LogP contribution in [0.25, 0.3) is 0 Å². The van der Waals surface area contributed by atoms with E-state index in [4.69, 9.17) is 0 Å². The molecular formula is C25H30F2N4O2. The average Bonchev–Trinajstić information content (AvgIpc) is 2.77. The van der Waals surface area contributed by atoms with Crippen molar-refractivity contribution < 1.29 is 18.4 Å². The van der Waals surface area contributed by atoms with Crippen LogP contribution in [0.4, 0.5) is 14.5 Å². The number of aromatic nitrogens is 1. The maximum atomic E-state index is 14.4. The number of nitrogens with one attached hydrogen (secondary N) is 1. The Morgan fingerprint density at radius 3 is 2.48 bits per heavy atom. The number of benzene rings is 1. The van der Waals surface area contributed by atoms with E-state index in [9.17, 15) is 18.4 Å². The number of hydrogen-bond acceptors (Lipinski definition) is 4. The number of aryl methyl sites for hydroxylation is 1. The molecule has 0 spiro atoms. The Kier molecular flexibility index (Phi) is 7.02. The van der Waals surface area contributed by atoms with Crippen LogP contribution in [-0.4, -0.2) is 59.5 Å². The predicted octanol–water partition coefficient (Wildman–Crippen LogP) is 3.73. The number of carbonyl (C=O) groups excluding carboxylic acids is 2. The van der Waals surface area contributed by atoms with Crippen molar-refractivity contribution in [2.45, 2.75) is 33.2 Å². The second-order valence-electron chi connectivity index (χ2n) is 9.17. The van der Waals surface area contributed by atoms with Gasteiger partial charge in [-0.25, -0.2) is 4.39 Å². The maximum absolute atomic E-state index is 14.4. The van der Waals surface area contributed by atoms with Crippen LogP contribution in [0.2, 0.25) is 0 Å². The molecule has 2 aromatic rings. The molecule has 33 heavy (non-hydrogen) atoms. The number of rotatable bonds is 6. The van der Waals surface area contributed by atoms with Gasteiger partial charge in [-0.05, 0) is 68.0 Å². The number of nitrogens with zero attached hydrogens (tertiary/aromatic N) is 3. The van der Waals surface area contributed by atoms with Gasteiger partial charge in [0.2, 0.25) is 5.91 Å². The van der Waals surface area contributed by atoms with Gasteiger partial charge in [0.15, 0.2) is 0 Å². The zero-order valence-corrected chi connectivity index (χ0v) is 19.1. The van der Waals surface area contributed by atoms with E-state index in [2.05, 4.69) is 15.2 Å². The molecule has 1 saturated carbocycles. The molecule has 2 aliphatic rings. The number of halogens is 2. The molecule has 2 fully saturated rings. The molecule has 1 aliphatic heterocycles. The van der Waals surface area contributed by atoms with E-state index in [1.165, 1.54) is 18.3 Å². The summed E-state index contributed by atoms with van der Waals surface area (Å²) in [7, 11) is 0. The zero-order valence-electron chi connectivity index (χ0n) is 19.1. The quantitative estimate of drug-likeness (QED) is 0.720. The Balaban J connectivity index is 1.36. The van der Waals surface area contributed by atoms with Crippen LogP contribution in [0, 0.1) is 31.5 Å². The summed E-state index contributed by atoms with van der Waals surface area (Å²) in [5.74, 6) is -0.586. The van der Waals surface area contributed by atoms with Gasteiger partial charge in [-0.15, -0.1) is 0 Å². The SMILES string of the molecule is Cc1ccc(C(=O)Nc2cc(F)cc(CN3CCN(C(=O)C4CC(CF)C4)CC3)c2C)cn1. The molecule has 176 valence electrons. The molecule has 8 heteroatoms. The second kappa shape index (κ2) is 9.95. The maximum Gasteiger partial charge on any atom is 0.257 e. The molecule has 0 atom stereocenters. The summed E-state index contributed by atoms with van der Waals surface area (Å²) in [6.45, 7) is 6.53. The third-order valence-corrected chi connectivity index (χ3v) is 6.78. The second-order valence-corrected chi connectivity index (χ2v) is 9.17. The molecular weight excluding hydrogens is 426 g/mol. The van der Waals surface area contributed by atoms with E-state index in [1.54, 1.807) is 12.1 Å². The Hall–Kier alpha value is -2.87. The van der Waals surface area contributed by atoms with Crippen molar-refractivity contribution in [3.63, 3.8) is 0 Å². The number of carbonyl (C=O) groups is 2. The highest BCUT2D eigenvalue weighted by atomic mass is 19.1. The molecule has 1 aromatic heterocycles. The summed E-state index contributed by atoms with van der Waals surface area (Å²) >= 11 is 0. The lowest BCUT2D eigenvalue weighted by Gasteiger charge is -2.40. The fourth-order valence-corrected chi connectivity index (χ4v) is 4.51. The Morgan fingerprint density at radius 1 is 1.12 bits per heavy atom. The number of amides is 2. The van der Waals surface area contributed by atoms with Gasteiger partial charge in [0.05, 0.1) is 12.2 Å². The van der Waals surface area contributed by atoms with Crippen molar-refractivity contribution in [3.8, 4) is 0 Å². The van der Waals surface area contributed by atoms with Crippen LogP contribution in [0.5, 0.6) is 0 Å². The Bertz CT molecular complexity index is 1010. The van der Waals surface area contributed by atoms with Gasteiger partial charge >= 0.3 is 0 Å². The summed E-state index contributed by atoms with van der Waals surface area (Å²) in [6.07, 6.45) is 2.82. The normalized spacial score (nSPS) is 20.9. The number of anilines is 1. The van der Waals surface area contributed by atoms with Gasteiger partial charge in [0.1, 0.15) is 5.82 Å². The number of piperazine rings is 1. The first-order valence-electron chi connectivity index (χ1n) is 11.4. The van der Waals surface area contributed by atoms with Crippen LogP contribution >= 0.6 is 0 Å². The molecule has 1 aromatic carbocycles. The molecule has 1 aliphatic carbocycles. The van der Waals surface area contributed by atoms with Gasteiger partial charge in [-0.2, -0.15) is 0 Å². The van der Waals surface area contributed by atoms with E-state index in [-0.39, 0.29) is 30.3 Å². The largest absolute Gasteiger partial charge is 0.340 e. The number of alkyl halides is 1. The summed E-state index contributed by atoms with van der Waals surface area (Å²) in [5.41, 5.74) is 3.29. The highest BCUT2D eigenvalue weighted by molar-refractivity contribution is 6.04. The molecule has 2 amide bonds. The monoisotopic (exact) mass is 456 g/mol. The minimum Gasteiger partial charge on any atom is -0.340 e. The van der Waals surface area contributed by atoms with E-state index in [0.29, 0.717) is 56.8 Å². The van der Waals surface area contributed by atoms with Gasteiger partial charge in [0, 0.05) is 56.2 Å². The standard InChI is InChI=1S/C25H30F2N4O2/c1-16-3-4-19(14-28-16)24(32)29-23-12-22(27)11-21(17(23)2)15-30-5-7-31(8-6-30)25(33)20-9-18(10-20)13-26/h3-4,11-12,14,18,20H,5-10,13,15H2,1-2H3,(H,29,32). The van der Waals surface area contributed by atoms with Gasteiger partial charge < -0.3 is 10.2 Å². The molecule has 4 rings (SSSR count). The molecule has 0 radical (unpaired) electrons. The van der Waals surface area contributed by atoms with Crippen molar-refractivity contribution in [1.82, 2.24) is 14.8 Å². The van der Waals surface area contributed by atoms with Crippen molar-refractivity contribution in [1.29, 1.82) is 0 Å². The molecule has 1 saturated heterocycles. The first kappa shape index (κ1) is 23.3. The fraction of sp³-hybridized carbons (Fsp3) is 0.480. The van der Waals surface area contributed by atoms with Crippen molar-refractivity contribution in [3.05, 3.63) is 58.7 Å². The topological polar surface area (TPSA) is 65.5 Å². The first-order chi connectivity index (χ1) is 15.8. The average molecular weight is 457 g/mol. The number of hydrogen-bond donors (Lipinski definition) is 1. The Morgan fingerprint density at radius 2 is 1.85 bits per heavy atom. The first-order valence-corrected chi connectivity index (χ1v) is 11.4. The highest BCUT2D eigenvalue weighted by Crippen LogP contribution is 2.35. The van der Waals surface area contributed by atoms with Crippen LogP contribution in [0.3, 0.4) is 0 Å². The minimum atomic E-state index is -0.408. The lowest BCUT2D eigenvalue weighted by atomic mass is 9.75. The fourth-order valence-electron chi connectivity index (χ4n) is 4.51. The molecule has 6 nitrogen and oxygen atoms in total. The van der Waals surface area contributed by atoms with Crippen LogP contribution in [0.1, 0.15) is 40.0 Å².